The van der Waals surface area contributed by atoms with Crippen LogP contribution >= 0.6 is 0 Å². The van der Waals surface area contributed by atoms with Crippen molar-refractivity contribution in [1.29, 1.82) is 0 Å². The highest BCUT2D eigenvalue weighted by Gasteiger charge is 2.18. The van der Waals surface area contributed by atoms with E-state index in [2.05, 4.69) is 5.32 Å². The van der Waals surface area contributed by atoms with Gasteiger partial charge in [-0.05, 0) is 48.4 Å². The van der Waals surface area contributed by atoms with E-state index < -0.39 is 12.6 Å². The van der Waals surface area contributed by atoms with Gasteiger partial charge in [-0.25, -0.2) is 4.79 Å². The zero-order valence-corrected chi connectivity index (χ0v) is 18.6. The summed E-state index contributed by atoms with van der Waals surface area (Å²) in [7, 11) is 3.19. The number of rotatable bonds is 10. The lowest BCUT2D eigenvalue weighted by atomic mass is 10.1. The Kier molecular flexibility index (Phi) is 8.24. The van der Waals surface area contributed by atoms with Gasteiger partial charge in [0.2, 0.25) is 5.91 Å². The van der Waals surface area contributed by atoms with E-state index in [9.17, 15) is 14.4 Å². The Labute approximate surface area is 192 Å². The number of para-hydroxylation sites is 1. The van der Waals surface area contributed by atoms with Crippen molar-refractivity contribution in [2.24, 2.45) is 0 Å². The summed E-state index contributed by atoms with van der Waals surface area (Å²) < 4.78 is 15.5. The molecule has 8 heteroatoms. The van der Waals surface area contributed by atoms with E-state index in [-0.39, 0.29) is 30.3 Å². The standard InChI is InChI=1S/C25H26N2O6/c1-27(16-20-6-5-15-32-20)24(29)17-33-25(30)21-7-3-4-8-22(21)26-23(28)14-11-18-9-12-19(31-2)13-10-18/h3-10,12-13,15H,11,14,16-17H2,1-2H3,(H,26,28). The number of esters is 1. The molecule has 2 aromatic carbocycles. The van der Waals surface area contributed by atoms with Gasteiger partial charge in [-0.1, -0.05) is 24.3 Å². The van der Waals surface area contributed by atoms with Crippen molar-refractivity contribution in [1.82, 2.24) is 4.90 Å². The summed E-state index contributed by atoms with van der Waals surface area (Å²) >= 11 is 0. The number of hydrogen-bond acceptors (Lipinski definition) is 6. The minimum Gasteiger partial charge on any atom is -0.497 e. The monoisotopic (exact) mass is 450 g/mol. The first-order valence-electron chi connectivity index (χ1n) is 10.4. The number of nitrogens with zero attached hydrogens (tertiary/aromatic N) is 1. The van der Waals surface area contributed by atoms with E-state index in [1.807, 2.05) is 24.3 Å². The number of furan rings is 1. The Balaban J connectivity index is 1.52. The second kappa shape index (κ2) is 11.5. The van der Waals surface area contributed by atoms with Gasteiger partial charge < -0.3 is 24.1 Å². The van der Waals surface area contributed by atoms with Gasteiger partial charge in [0.1, 0.15) is 11.5 Å². The number of amides is 2. The molecule has 1 aromatic heterocycles. The van der Waals surface area contributed by atoms with Crippen LogP contribution in [0.5, 0.6) is 5.75 Å². The summed E-state index contributed by atoms with van der Waals surface area (Å²) in [4.78, 5) is 38.6. The zero-order valence-electron chi connectivity index (χ0n) is 18.6. The van der Waals surface area contributed by atoms with Crippen molar-refractivity contribution in [2.75, 3.05) is 26.1 Å². The number of benzene rings is 2. The molecule has 0 spiro atoms. The summed E-state index contributed by atoms with van der Waals surface area (Å²) in [6, 6.07) is 17.5. The first kappa shape index (κ1) is 23.6. The van der Waals surface area contributed by atoms with Gasteiger partial charge in [-0.2, -0.15) is 0 Å². The Hall–Kier alpha value is -4.07. The van der Waals surface area contributed by atoms with Gasteiger partial charge in [0.05, 0.1) is 31.2 Å². The minimum atomic E-state index is -0.694. The van der Waals surface area contributed by atoms with Crippen LogP contribution in [-0.4, -0.2) is 43.4 Å². The summed E-state index contributed by atoms with van der Waals surface area (Å²) in [6.07, 6.45) is 2.31. The zero-order chi connectivity index (χ0) is 23.6. The summed E-state index contributed by atoms with van der Waals surface area (Å²) in [5, 5.41) is 2.75. The molecular weight excluding hydrogens is 424 g/mol. The quantitative estimate of drug-likeness (QED) is 0.473. The van der Waals surface area contributed by atoms with Crippen LogP contribution < -0.4 is 10.1 Å². The van der Waals surface area contributed by atoms with Crippen LogP contribution in [0, 0.1) is 0 Å². The molecule has 0 aliphatic heterocycles. The second-order valence-electron chi connectivity index (χ2n) is 7.35. The number of aryl methyl sites for hydroxylation is 1. The van der Waals surface area contributed by atoms with E-state index >= 15 is 0 Å². The molecule has 1 heterocycles. The molecule has 2 amide bonds. The first-order valence-corrected chi connectivity index (χ1v) is 10.4. The molecule has 0 saturated carbocycles. The lowest BCUT2D eigenvalue weighted by Crippen LogP contribution is -2.30. The third kappa shape index (κ3) is 6.96. The lowest BCUT2D eigenvalue weighted by molar-refractivity contribution is -0.134. The maximum Gasteiger partial charge on any atom is 0.340 e. The van der Waals surface area contributed by atoms with Crippen LogP contribution in [0.25, 0.3) is 0 Å². The number of likely N-dealkylation sites (N-methyl/N-ethyl adjacent to an activating group) is 1. The normalized spacial score (nSPS) is 10.4. The topological polar surface area (TPSA) is 98.1 Å². The summed E-state index contributed by atoms with van der Waals surface area (Å²) in [5.74, 6) is 0.0723. The van der Waals surface area contributed by atoms with Gasteiger partial charge in [0.25, 0.3) is 5.91 Å². The highest BCUT2D eigenvalue weighted by molar-refractivity contribution is 6.01. The van der Waals surface area contributed by atoms with Crippen molar-refractivity contribution >= 4 is 23.5 Å². The molecule has 3 rings (SSSR count). The van der Waals surface area contributed by atoms with Gasteiger partial charge in [0.15, 0.2) is 6.61 Å². The predicted octanol–water partition coefficient (Wildman–Crippen LogP) is 3.67. The van der Waals surface area contributed by atoms with Crippen LogP contribution in [0.2, 0.25) is 0 Å². The molecule has 33 heavy (non-hydrogen) atoms. The van der Waals surface area contributed by atoms with E-state index in [0.717, 1.165) is 11.3 Å². The van der Waals surface area contributed by atoms with Crippen molar-refractivity contribution in [2.45, 2.75) is 19.4 Å². The van der Waals surface area contributed by atoms with Crippen molar-refractivity contribution in [3.8, 4) is 5.75 Å². The molecule has 0 unspecified atom stereocenters. The largest absolute Gasteiger partial charge is 0.497 e. The molecule has 1 N–H and O–H groups in total. The van der Waals surface area contributed by atoms with Gasteiger partial charge in [-0.3, -0.25) is 9.59 Å². The first-order chi connectivity index (χ1) is 16.0. The maximum absolute atomic E-state index is 12.6. The molecule has 0 atom stereocenters. The van der Waals surface area contributed by atoms with Gasteiger partial charge in [0, 0.05) is 13.5 Å². The molecule has 0 aliphatic rings. The van der Waals surface area contributed by atoms with Crippen molar-refractivity contribution < 1.29 is 28.3 Å². The fraction of sp³-hybridized carbons (Fsp3) is 0.240. The Morgan fingerprint density at radius 3 is 2.45 bits per heavy atom. The Morgan fingerprint density at radius 1 is 1.00 bits per heavy atom. The van der Waals surface area contributed by atoms with Crippen LogP contribution in [0.3, 0.4) is 0 Å². The third-order valence-corrected chi connectivity index (χ3v) is 4.95. The highest BCUT2D eigenvalue weighted by atomic mass is 16.5. The SMILES string of the molecule is COc1ccc(CCC(=O)Nc2ccccc2C(=O)OCC(=O)N(C)Cc2ccco2)cc1. The summed E-state index contributed by atoms with van der Waals surface area (Å²) in [5.41, 5.74) is 1.51. The number of nitrogens with one attached hydrogen (secondary N) is 1. The summed E-state index contributed by atoms with van der Waals surface area (Å²) in [6.45, 7) is -0.153. The van der Waals surface area contributed by atoms with Crippen molar-refractivity contribution in [3.63, 3.8) is 0 Å². The van der Waals surface area contributed by atoms with E-state index in [4.69, 9.17) is 13.9 Å². The number of methoxy groups -OCH3 is 1. The molecule has 0 fully saturated rings. The van der Waals surface area contributed by atoms with Crippen LogP contribution in [0.15, 0.2) is 71.3 Å². The molecule has 8 nitrogen and oxygen atoms in total. The van der Waals surface area contributed by atoms with E-state index in [1.165, 1.54) is 11.2 Å². The maximum atomic E-state index is 12.6. The van der Waals surface area contributed by atoms with E-state index in [0.29, 0.717) is 17.9 Å². The molecule has 0 bridgehead atoms. The average molecular weight is 450 g/mol. The van der Waals surface area contributed by atoms with E-state index in [1.54, 1.807) is 50.6 Å². The number of anilines is 1. The van der Waals surface area contributed by atoms with Gasteiger partial charge >= 0.3 is 5.97 Å². The third-order valence-electron chi connectivity index (χ3n) is 4.95. The minimum absolute atomic E-state index is 0.178. The predicted molar refractivity (Wildman–Crippen MR) is 122 cm³/mol. The fourth-order valence-electron chi connectivity index (χ4n) is 3.07. The Morgan fingerprint density at radius 2 is 1.76 bits per heavy atom. The average Bonchev–Trinajstić information content (AvgIpc) is 3.34. The molecular formula is C25H26N2O6. The second-order valence-corrected chi connectivity index (χ2v) is 7.35. The lowest BCUT2D eigenvalue weighted by Gasteiger charge is -2.16. The highest BCUT2D eigenvalue weighted by Crippen LogP contribution is 2.18. The molecule has 0 saturated heterocycles. The molecule has 0 aliphatic carbocycles. The number of ether oxygens (including phenoxy) is 2. The molecule has 0 radical (unpaired) electrons. The fourth-order valence-corrected chi connectivity index (χ4v) is 3.07. The number of carbonyl (C=O) groups is 3. The van der Waals surface area contributed by atoms with Crippen molar-refractivity contribution in [3.05, 3.63) is 83.8 Å². The number of carbonyl (C=O) groups excluding carboxylic acids is 3. The Bertz CT molecular complexity index is 1080. The molecule has 3 aromatic rings. The number of hydrogen-bond donors (Lipinski definition) is 1. The van der Waals surface area contributed by atoms with Crippen LogP contribution in [-0.2, 0) is 27.3 Å². The van der Waals surface area contributed by atoms with Crippen LogP contribution in [0.1, 0.15) is 28.1 Å². The van der Waals surface area contributed by atoms with Crippen LogP contribution in [0.4, 0.5) is 5.69 Å². The van der Waals surface area contributed by atoms with Gasteiger partial charge in [-0.15, -0.1) is 0 Å². The smallest absolute Gasteiger partial charge is 0.340 e. The molecule has 172 valence electrons.